The average Bonchev–Trinajstić information content (AvgIpc) is 2.64. The third kappa shape index (κ3) is 4.63. The van der Waals surface area contributed by atoms with Crippen molar-refractivity contribution in [3.8, 4) is 0 Å². The minimum Gasteiger partial charge on any atom is -0.384 e. The first-order chi connectivity index (χ1) is 12.1. The fourth-order valence-electron chi connectivity index (χ4n) is 3.89. The van der Waals surface area contributed by atoms with Crippen molar-refractivity contribution in [2.75, 3.05) is 19.6 Å². The largest absolute Gasteiger partial charge is 0.384 e. The second-order valence-electron chi connectivity index (χ2n) is 7.36. The van der Waals surface area contributed by atoms with Crippen molar-refractivity contribution in [2.24, 2.45) is 5.92 Å². The van der Waals surface area contributed by atoms with Gasteiger partial charge in [-0.15, -0.1) is 0 Å². The van der Waals surface area contributed by atoms with Crippen LogP contribution in [0.15, 0.2) is 54.6 Å². The van der Waals surface area contributed by atoms with Gasteiger partial charge in [0.05, 0.1) is 5.60 Å². The molecule has 0 radical (unpaired) electrons. The van der Waals surface area contributed by atoms with E-state index in [0.717, 1.165) is 30.8 Å². The molecule has 1 fully saturated rings. The van der Waals surface area contributed by atoms with Crippen LogP contribution in [-0.2, 0) is 12.0 Å². The number of halogens is 1. The Hall–Kier alpha value is -1.35. The Morgan fingerprint density at radius 1 is 1.00 bits per heavy atom. The zero-order valence-electron chi connectivity index (χ0n) is 15.0. The van der Waals surface area contributed by atoms with Crippen molar-refractivity contribution in [1.29, 1.82) is 0 Å². The van der Waals surface area contributed by atoms with Crippen LogP contribution in [0.25, 0.3) is 0 Å². The first-order valence-electron chi connectivity index (χ1n) is 9.32. The average molecular weight is 358 g/mol. The Kier molecular flexibility index (Phi) is 6.16. The van der Waals surface area contributed by atoms with Crippen LogP contribution in [0.5, 0.6) is 0 Å². The van der Waals surface area contributed by atoms with E-state index in [1.165, 1.54) is 19.3 Å². The summed E-state index contributed by atoms with van der Waals surface area (Å²) in [6.07, 6.45) is 4.48. The molecular weight excluding hydrogens is 330 g/mol. The van der Waals surface area contributed by atoms with Gasteiger partial charge in [-0.25, -0.2) is 0 Å². The standard InChI is InChI=1S/C22H28ClNO/c1-18(17-24-14-6-3-7-15-24)22(25,16-19-8-4-2-5-9-19)20-10-12-21(23)13-11-20/h2,4-5,8-13,18,25H,3,6-7,14-17H2,1H3/t18-,22+/m1/s1. The molecule has 1 aliphatic heterocycles. The maximum atomic E-state index is 11.8. The number of piperidine rings is 1. The van der Waals surface area contributed by atoms with Gasteiger partial charge in [-0.1, -0.05) is 67.4 Å². The zero-order valence-corrected chi connectivity index (χ0v) is 15.8. The number of hydrogen-bond donors (Lipinski definition) is 1. The first kappa shape index (κ1) is 18.4. The highest BCUT2D eigenvalue weighted by Gasteiger charge is 2.37. The monoisotopic (exact) mass is 357 g/mol. The molecule has 3 heteroatoms. The van der Waals surface area contributed by atoms with E-state index in [0.29, 0.717) is 11.4 Å². The van der Waals surface area contributed by atoms with Gasteiger partial charge in [0.15, 0.2) is 0 Å². The van der Waals surface area contributed by atoms with Crippen LogP contribution in [0, 0.1) is 5.92 Å². The Balaban J connectivity index is 1.85. The van der Waals surface area contributed by atoms with Gasteiger partial charge in [0.25, 0.3) is 0 Å². The van der Waals surface area contributed by atoms with Crippen molar-refractivity contribution >= 4 is 11.6 Å². The van der Waals surface area contributed by atoms with Gasteiger partial charge in [0, 0.05) is 23.9 Å². The summed E-state index contributed by atoms with van der Waals surface area (Å²) in [5.74, 6) is 0.131. The van der Waals surface area contributed by atoms with E-state index < -0.39 is 5.60 Å². The van der Waals surface area contributed by atoms with Crippen LogP contribution in [0.1, 0.15) is 37.3 Å². The van der Waals surface area contributed by atoms with Gasteiger partial charge < -0.3 is 10.0 Å². The minimum absolute atomic E-state index is 0.131. The van der Waals surface area contributed by atoms with Crippen molar-refractivity contribution in [3.63, 3.8) is 0 Å². The molecule has 0 bridgehead atoms. The molecule has 0 aliphatic carbocycles. The first-order valence-corrected chi connectivity index (χ1v) is 9.70. The maximum Gasteiger partial charge on any atom is 0.0974 e. The Labute approximate surface area is 156 Å². The van der Waals surface area contributed by atoms with Gasteiger partial charge in [-0.3, -0.25) is 0 Å². The summed E-state index contributed by atoms with van der Waals surface area (Å²) in [4.78, 5) is 2.50. The zero-order chi connectivity index (χ0) is 17.7. The normalized spacial score (nSPS) is 19.3. The lowest BCUT2D eigenvalue weighted by atomic mass is 9.77. The van der Waals surface area contributed by atoms with E-state index in [-0.39, 0.29) is 5.92 Å². The summed E-state index contributed by atoms with van der Waals surface area (Å²) < 4.78 is 0. The minimum atomic E-state index is -0.899. The fourth-order valence-corrected chi connectivity index (χ4v) is 4.01. The van der Waals surface area contributed by atoms with Crippen LogP contribution in [0.2, 0.25) is 5.02 Å². The topological polar surface area (TPSA) is 23.5 Å². The number of rotatable bonds is 6. The van der Waals surface area contributed by atoms with Crippen LogP contribution >= 0.6 is 11.6 Å². The SMILES string of the molecule is C[C@H](CN1CCCCC1)[C@@](O)(Cc1ccccc1)c1ccc(Cl)cc1. The van der Waals surface area contributed by atoms with Gasteiger partial charge in [-0.05, 0) is 49.2 Å². The third-order valence-corrected chi connectivity index (χ3v) is 5.71. The predicted octanol–water partition coefficient (Wildman–Crippen LogP) is 4.89. The highest BCUT2D eigenvalue weighted by atomic mass is 35.5. The van der Waals surface area contributed by atoms with Gasteiger partial charge in [-0.2, -0.15) is 0 Å². The van der Waals surface area contributed by atoms with Crippen molar-refractivity contribution in [1.82, 2.24) is 4.90 Å². The lowest BCUT2D eigenvalue weighted by molar-refractivity contribution is -0.0316. The molecule has 1 heterocycles. The number of likely N-dealkylation sites (tertiary alicyclic amines) is 1. The molecule has 2 nitrogen and oxygen atoms in total. The lowest BCUT2D eigenvalue weighted by Gasteiger charge is -2.39. The van der Waals surface area contributed by atoms with Crippen molar-refractivity contribution < 1.29 is 5.11 Å². The summed E-state index contributed by atoms with van der Waals surface area (Å²) in [6, 6.07) is 18.0. The summed E-state index contributed by atoms with van der Waals surface area (Å²) in [7, 11) is 0. The van der Waals surface area contributed by atoms with Gasteiger partial charge in [0.1, 0.15) is 0 Å². The maximum absolute atomic E-state index is 11.8. The number of aliphatic hydroxyl groups is 1. The molecule has 25 heavy (non-hydrogen) atoms. The van der Waals surface area contributed by atoms with E-state index in [9.17, 15) is 5.11 Å². The third-order valence-electron chi connectivity index (χ3n) is 5.46. The van der Waals surface area contributed by atoms with Crippen molar-refractivity contribution in [3.05, 3.63) is 70.7 Å². The van der Waals surface area contributed by atoms with Crippen LogP contribution < -0.4 is 0 Å². The van der Waals surface area contributed by atoms with Crippen LogP contribution in [-0.4, -0.2) is 29.6 Å². The van der Waals surface area contributed by atoms with E-state index in [1.807, 2.05) is 42.5 Å². The van der Waals surface area contributed by atoms with Crippen molar-refractivity contribution in [2.45, 2.75) is 38.2 Å². The molecule has 1 aliphatic rings. The van der Waals surface area contributed by atoms with Crippen LogP contribution in [0.3, 0.4) is 0 Å². The molecule has 0 unspecified atom stereocenters. The van der Waals surface area contributed by atoms with Gasteiger partial charge >= 0.3 is 0 Å². The smallest absolute Gasteiger partial charge is 0.0974 e. The van der Waals surface area contributed by atoms with E-state index in [2.05, 4.69) is 24.0 Å². The molecule has 0 amide bonds. The molecule has 2 aromatic rings. The van der Waals surface area contributed by atoms with E-state index >= 15 is 0 Å². The molecule has 0 spiro atoms. The fraction of sp³-hybridized carbons (Fsp3) is 0.455. The molecule has 134 valence electrons. The summed E-state index contributed by atoms with van der Waals surface area (Å²) in [6.45, 7) is 5.39. The highest BCUT2D eigenvalue weighted by Crippen LogP contribution is 2.35. The Morgan fingerprint density at radius 3 is 2.28 bits per heavy atom. The predicted molar refractivity (Wildman–Crippen MR) is 105 cm³/mol. The molecule has 2 aromatic carbocycles. The highest BCUT2D eigenvalue weighted by molar-refractivity contribution is 6.30. The summed E-state index contributed by atoms with van der Waals surface area (Å²) >= 11 is 6.07. The summed E-state index contributed by atoms with van der Waals surface area (Å²) in [5.41, 5.74) is 1.21. The second-order valence-corrected chi connectivity index (χ2v) is 7.79. The van der Waals surface area contributed by atoms with Crippen LogP contribution in [0.4, 0.5) is 0 Å². The second kappa shape index (κ2) is 8.35. The van der Waals surface area contributed by atoms with Gasteiger partial charge in [0.2, 0.25) is 0 Å². The molecule has 3 rings (SSSR count). The molecule has 1 N–H and O–H groups in total. The molecule has 0 aromatic heterocycles. The van der Waals surface area contributed by atoms with E-state index in [1.54, 1.807) is 0 Å². The van der Waals surface area contributed by atoms with E-state index in [4.69, 9.17) is 11.6 Å². The number of hydrogen-bond acceptors (Lipinski definition) is 2. The Bertz CT molecular complexity index is 651. The molecule has 2 atom stereocenters. The quantitative estimate of drug-likeness (QED) is 0.795. The number of benzene rings is 2. The Morgan fingerprint density at radius 2 is 1.64 bits per heavy atom. The lowest BCUT2D eigenvalue weighted by Crippen LogP contribution is -2.44. The molecule has 0 saturated carbocycles. The molecule has 1 saturated heterocycles. The molecular formula is C22H28ClNO. The number of nitrogens with zero attached hydrogens (tertiary/aromatic N) is 1. The summed E-state index contributed by atoms with van der Waals surface area (Å²) in [5, 5.41) is 12.5.